The number of nitro groups is 1. The molecule has 0 aromatic heterocycles. The molecule has 0 radical (unpaired) electrons. The monoisotopic (exact) mass is 306 g/mol. The van der Waals surface area contributed by atoms with Gasteiger partial charge in [0.2, 0.25) is 0 Å². The van der Waals surface area contributed by atoms with Gasteiger partial charge >= 0.3 is 0 Å². The summed E-state index contributed by atoms with van der Waals surface area (Å²) in [5, 5.41) is 23.4. The lowest BCUT2D eigenvalue weighted by Crippen LogP contribution is -2.18. The van der Waals surface area contributed by atoms with Crippen LogP contribution in [0, 0.1) is 10.1 Å². The highest BCUT2D eigenvalue weighted by Gasteiger charge is 2.13. The van der Waals surface area contributed by atoms with E-state index in [0.717, 1.165) is 12.0 Å². The molecule has 0 aliphatic rings. The second-order valence-electron chi connectivity index (χ2n) is 4.84. The SMILES string of the molecule is CC(Cc1ccc(O)cc1)Nc1ccc(Cl)c([N+](=O)[O-])c1. The van der Waals surface area contributed by atoms with Crippen molar-refractivity contribution in [1.29, 1.82) is 0 Å². The molecule has 2 aromatic carbocycles. The van der Waals surface area contributed by atoms with Crippen LogP contribution in [0.2, 0.25) is 5.02 Å². The van der Waals surface area contributed by atoms with Crippen molar-refractivity contribution in [3.63, 3.8) is 0 Å². The van der Waals surface area contributed by atoms with E-state index in [2.05, 4.69) is 5.32 Å². The van der Waals surface area contributed by atoms with Gasteiger partial charge in [0.25, 0.3) is 5.69 Å². The van der Waals surface area contributed by atoms with Gasteiger partial charge in [-0.1, -0.05) is 23.7 Å². The Kier molecular flexibility index (Phi) is 4.65. The van der Waals surface area contributed by atoms with Gasteiger partial charge in [-0.05, 0) is 43.2 Å². The van der Waals surface area contributed by atoms with Gasteiger partial charge in [0.05, 0.1) is 4.92 Å². The van der Waals surface area contributed by atoms with Gasteiger partial charge < -0.3 is 10.4 Å². The number of hydrogen-bond donors (Lipinski definition) is 2. The lowest BCUT2D eigenvalue weighted by atomic mass is 10.1. The third kappa shape index (κ3) is 4.10. The fourth-order valence-corrected chi connectivity index (χ4v) is 2.25. The summed E-state index contributed by atoms with van der Waals surface area (Å²) in [6.07, 6.45) is 0.733. The average molecular weight is 307 g/mol. The van der Waals surface area contributed by atoms with Gasteiger partial charge in [-0.2, -0.15) is 0 Å². The van der Waals surface area contributed by atoms with Crippen molar-refractivity contribution >= 4 is 23.0 Å². The predicted octanol–water partition coefficient (Wildman–Crippen LogP) is 4.00. The van der Waals surface area contributed by atoms with Crippen molar-refractivity contribution in [2.45, 2.75) is 19.4 Å². The Labute approximate surface area is 127 Å². The zero-order chi connectivity index (χ0) is 15.4. The maximum Gasteiger partial charge on any atom is 0.289 e. The number of hydrogen-bond acceptors (Lipinski definition) is 4. The molecule has 110 valence electrons. The molecule has 1 unspecified atom stereocenters. The largest absolute Gasteiger partial charge is 0.508 e. The van der Waals surface area contributed by atoms with E-state index in [0.29, 0.717) is 5.69 Å². The van der Waals surface area contributed by atoms with Crippen LogP contribution in [0.25, 0.3) is 0 Å². The van der Waals surface area contributed by atoms with Gasteiger partial charge in [0, 0.05) is 17.8 Å². The Bertz CT molecular complexity index is 644. The minimum Gasteiger partial charge on any atom is -0.508 e. The first-order valence-electron chi connectivity index (χ1n) is 6.44. The van der Waals surface area contributed by atoms with Gasteiger partial charge in [-0.25, -0.2) is 0 Å². The average Bonchev–Trinajstić information content (AvgIpc) is 2.43. The number of nitro benzene ring substituents is 1. The number of phenolic OH excluding ortho intramolecular Hbond substituents is 1. The molecule has 21 heavy (non-hydrogen) atoms. The first-order chi connectivity index (χ1) is 9.95. The lowest BCUT2D eigenvalue weighted by Gasteiger charge is -2.15. The molecular weight excluding hydrogens is 292 g/mol. The lowest BCUT2D eigenvalue weighted by molar-refractivity contribution is -0.384. The number of rotatable bonds is 5. The van der Waals surface area contributed by atoms with E-state index in [1.54, 1.807) is 18.2 Å². The molecule has 0 spiro atoms. The Morgan fingerprint density at radius 1 is 1.29 bits per heavy atom. The summed E-state index contributed by atoms with van der Waals surface area (Å²) in [6, 6.07) is 11.7. The number of phenols is 1. The first kappa shape index (κ1) is 15.1. The van der Waals surface area contributed by atoms with Crippen LogP contribution in [-0.4, -0.2) is 16.1 Å². The summed E-state index contributed by atoms with van der Waals surface area (Å²) in [6.45, 7) is 1.98. The molecule has 2 N–H and O–H groups in total. The van der Waals surface area contributed by atoms with Crippen molar-refractivity contribution in [1.82, 2.24) is 0 Å². The standard InChI is InChI=1S/C15H15ClN2O3/c1-10(8-11-2-5-13(19)6-3-11)17-12-4-7-14(16)15(9-12)18(20)21/h2-7,9-10,17,19H,8H2,1H3. The number of nitrogens with zero attached hydrogens (tertiary/aromatic N) is 1. The maximum absolute atomic E-state index is 10.9. The molecule has 0 saturated heterocycles. The van der Waals surface area contributed by atoms with Gasteiger partial charge in [-0.3, -0.25) is 10.1 Å². The molecule has 1 atom stereocenters. The number of halogens is 1. The molecule has 0 aliphatic heterocycles. The predicted molar refractivity (Wildman–Crippen MR) is 83.0 cm³/mol. The molecule has 6 heteroatoms. The topological polar surface area (TPSA) is 75.4 Å². The Morgan fingerprint density at radius 3 is 2.57 bits per heavy atom. The highest BCUT2D eigenvalue weighted by atomic mass is 35.5. The van der Waals surface area contributed by atoms with Crippen molar-refractivity contribution in [3.8, 4) is 5.75 Å². The van der Waals surface area contributed by atoms with Crippen LogP contribution in [0.4, 0.5) is 11.4 Å². The van der Waals surface area contributed by atoms with Crippen molar-refractivity contribution in [2.24, 2.45) is 0 Å². The number of nitrogens with one attached hydrogen (secondary N) is 1. The number of anilines is 1. The van der Waals surface area contributed by atoms with Crippen LogP contribution in [-0.2, 0) is 6.42 Å². The Morgan fingerprint density at radius 2 is 1.95 bits per heavy atom. The summed E-state index contributed by atoms with van der Waals surface area (Å²) in [7, 11) is 0. The van der Waals surface area contributed by atoms with E-state index >= 15 is 0 Å². The highest BCUT2D eigenvalue weighted by molar-refractivity contribution is 6.32. The van der Waals surface area contributed by atoms with Gasteiger partial charge in [-0.15, -0.1) is 0 Å². The maximum atomic E-state index is 10.9. The van der Waals surface area contributed by atoms with E-state index in [9.17, 15) is 15.2 Å². The summed E-state index contributed by atoms with van der Waals surface area (Å²) < 4.78 is 0. The third-order valence-corrected chi connectivity index (χ3v) is 3.35. The van der Waals surface area contributed by atoms with Crippen LogP contribution >= 0.6 is 11.6 Å². The Hall–Kier alpha value is -2.27. The molecule has 0 aliphatic carbocycles. The molecule has 0 heterocycles. The molecular formula is C15H15ClN2O3. The Balaban J connectivity index is 2.05. The fraction of sp³-hybridized carbons (Fsp3) is 0.200. The molecule has 5 nitrogen and oxygen atoms in total. The molecule has 2 rings (SSSR count). The van der Waals surface area contributed by atoms with Crippen LogP contribution in [0.15, 0.2) is 42.5 Å². The van der Waals surface area contributed by atoms with E-state index in [-0.39, 0.29) is 22.5 Å². The third-order valence-electron chi connectivity index (χ3n) is 3.03. The second-order valence-corrected chi connectivity index (χ2v) is 5.25. The first-order valence-corrected chi connectivity index (χ1v) is 6.82. The summed E-state index contributed by atoms with van der Waals surface area (Å²) >= 11 is 5.78. The quantitative estimate of drug-likeness (QED) is 0.647. The molecule has 2 aromatic rings. The van der Waals surface area contributed by atoms with Crippen LogP contribution in [0.1, 0.15) is 12.5 Å². The van der Waals surface area contributed by atoms with Crippen molar-refractivity contribution < 1.29 is 10.0 Å². The fourth-order valence-electron chi connectivity index (χ4n) is 2.06. The van der Waals surface area contributed by atoms with Gasteiger partial charge in [0.1, 0.15) is 10.8 Å². The summed E-state index contributed by atoms with van der Waals surface area (Å²) in [5.74, 6) is 0.229. The normalized spacial score (nSPS) is 11.9. The van der Waals surface area contributed by atoms with Crippen molar-refractivity contribution in [2.75, 3.05) is 5.32 Å². The molecule has 0 saturated carbocycles. The minimum atomic E-state index is -0.502. The van der Waals surface area contributed by atoms with Crippen LogP contribution < -0.4 is 5.32 Å². The summed E-state index contributed by atoms with van der Waals surface area (Å²) in [4.78, 5) is 10.4. The summed E-state index contributed by atoms with van der Waals surface area (Å²) in [5.41, 5.74) is 1.60. The van der Waals surface area contributed by atoms with E-state index in [4.69, 9.17) is 11.6 Å². The van der Waals surface area contributed by atoms with Crippen LogP contribution in [0.5, 0.6) is 5.75 Å². The smallest absolute Gasteiger partial charge is 0.289 e. The van der Waals surface area contributed by atoms with E-state index in [1.165, 1.54) is 12.1 Å². The minimum absolute atomic E-state index is 0.0790. The zero-order valence-corrected chi connectivity index (χ0v) is 12.2. The second kappa shape index (κ2) is 6.45. The van der Waals surface area contributed by atoms with Crippen molar-refractivity contribution in [3.05, 3.63) is 63.2 Å². The van der Waals surface area contributed by atoms with E-state index < -0.39 is 4.92 Å². The number of aromatic hydroxyl groups is 1. The number of benzene rings is 2. The molecule has 0 amide bonds. The van der Waals surface area contributed by atoms with E-state index in [1.807, 2.05) is 19.1 Å². The highest BCUT2D eigenvalue weighted by Crippen LogP contribution is 2.27. The molecule has 0 bridgehead atoms. The molecule has 0 fully saturated rings. The zero-order valence-electron chi connectivity index (χ0n) is 11.4. The van der Waals surface area contributed by atoms with Gasteiger partial charge in [0.15, 0.2) is 0 Å². The van der Waals surface area contributed by atoms with Crippen LogP contribution in [0.3, 0.4) is 0 Å².